The second-order valence-corrected chi connectivity index (χ2v) is 10.1. The molecular weight excluding hydrogens is 240 g/mol. The summed E-state index contributed by atoms with van der Waals surface area (Å²) in [6.07, 6.45) is 13.9. The molecule has 0 radical (unpaired) electrons. The number of rotatable bonds is 0. The van der Waals surface area contributed by atoms with E-state index >= 15 is 0 Å². The van der Waals surface area contributed by atoms with Crippen molar-refractivity contribution >= 4 is 0 Å². The molecule has 4 rings (SSSR count). The lowest BCUT2D eigenvalue weighted by molar-refractivity contribution is -0.144. The molecule has 4 aliphatic carbocycles. The van der Waals surface area contributed by atoms with Gasteiger partial charge in [0.15, 0.2) is 0 Å². The summed E-state index contributed by atoms with van der Waals surface area (Å²) in [6.45, 7) is 10.4. The summed E-state index contributed by atoms with van der Waals surface area (Å²) in [5.74, 6) is 4.18. The minimum absolute atomic E-state index is 0.607. The molecule has 0 aromatic carbocycles. The third-order valence-corrected chi connectivity index (χ3v) is 8.77. The Morgan fingerprint density at radius 3 is 2.40 bits per heavy atom. The monoisotopic (exact) mass is 274 g/mol. The molecule has 0 heteroatoms. The normalized spacial score (nSPS) is 57.0. The van der Waals surface area contributed by atoms with Gasteiger partial charge in [-0.1, -0.05) is 34.1 Å². The molecule has 0 aromatic rings. The van der Waals surface area contributed by atoms with Crippen LogP contribution < -0.4 is 0 Å². The van der Waals surface area contributed by atoms with E-state index in [1.165, 1.54) is 19.3 Å². The second-order valence-electron chi connectivity index (χ2n) is 10.1. The Kier molecular flexibility index (Phi) is 2.76. The molecule has 1 spiro atoms. The van der Waals surface area contributed by atoms with Crippen LogP contribution in [-0.2, 0) is 0 Å². The molecule has 6 atom stereocenters. The van der Waals surface area contributed by atoms with Gasteiger partial charge in [0.25, 0.3) is 0 Å². The third kappa shape index (κ3) is 1.60. The smallest absolute Gasteiger partial charge is 0.0258 e. The van der Waals surface area contributed by atoms with Crippen LogP contribution in [0, 0.1) is 39.9 Å². The molecule has 4 saturated carbocycles. The highest BCUT2D eigenvalue weighted by molar-refractivity contribution is 5.12. The maximum atomic E-state index is 2.72. The second kappa shape index (κ2) is 4.05. The fourth-order valence-corrected chi connectivity index (χ4v) is 8.12. The average molecular weight is 274 g/mol. The largest absolute Gasteiger partial charge is 0.0622 e. The van der Waals surface area contributed by atoms with E-state index in [1.807, 2.05) is 0 Å². The molecule has 114 valence electrons. The van der Waals surface area contributed by atoms with Crippen molar-refractivity contribution in [2.45, 2.75) is 85.5 Å². The summed E-state index contributed by atoms with van der Waals surface area (Å²) in [5.41, 5.74) is 2.06. The molecule has 0 unspecified atom stereocenters. The molecular formula is C20H34. The zero-order valence-corrected chi connectivity index (χ0v) is 14.2. The molecule has 4 aliphatic rings. The lowest BCUT2D eigenvalue weighted by Gasteiger charge is -2.64. The van der Waals surface area contributed by atoms with Crippen LogP contribution in [0.15, 0.2) is 0 Å². The number of hydrogen-bond acceptors (Lipinski definition) is 0. The van der Waals surface area contributed by atoms with Gasteiger partial charge < -0.3 is 0 Å². The highest BCUT2D eigenvalue weighted by Gasteiger charge is 2.63. The van der Waals surface area contributed by atoms with Crippen molar-refractivity contribution in [3.05, 3.63) is 0 Å². The van der Waals surface area contributed by atoms with Crippen molar-refractivity contribution in [2.75, 3.05) is 0 Å². The predicted molar refractivity (Wildman–Crippen MR) is 85.5 cm³/mol. The average Bonchev–Trinajstić information content (AvgIpc) is 2.58. The first-order valence-electron chi connectivity index (χ1n) is 9.37. The van der Waals surface area contributed by atoms with E-state index in [-0.39, 0.29) is 0 Å². The first-order chi connectivity index (χ1) is 9.37. The maximum absolute atomic E-state index is 2.72. The molecule has 0 amide bonds. The Hall–Kier alpha value is 0. The van der Waals surface area contributed by atoms with Crippen LogP contribution in [0.25, 0.3) is 0 Å². The van der Waals surface area contributed by atoms with Crippen LogP contribution >= 0.6 is 0 Å². The van der Waals surface area contributed by atoms with E-state index in [9.17, 15) is 0 Å². The van der Waals surface area contributed by atoms with Gasteiger partial charge in [0.2, 0.25) is 0 Å². The van der Waals surface area contributed by atoms with Crippen LogP contribution in [0.3, 0.4) is 0 Å². The zero-order valence-electron chi connectivity index (χ0n) is 14.2. The fraction of sp³-hybridized carbons (Fsp3) is 1.00. The highest BCUT2D eigenvalue weighted by atomic mass is 14.7. The van der Waals surface area contributed by atoms with Crippen molar-refractivity contribution in [1.82, 2.24) is 0 Å². The van der Waals surface area contributed by atoms with E-state index in [0.717, 1.165) is 29.1 Å². The van der Waals surface area contributed by atoms with Gasteiger partial charge >= 0.3 is 0 Å². The Morgan fingerprint density at radius 2 is 1.60 bits per heavy atom. The van der Waals surface area contributed by atoms with Gasteiger partial charge in [-0.05, 0) is 91.3 Å². The first-order valence-corrected chi connectivity index (χ1v) is 9.37. The molecule has 0 aromatic heterocycles. The van der Waals surface area contributed by atoms with Gasteiger partial charge in [0.05, 0.1) is 0 Å². The van der Waals surface area contributed by atoms with E-state index in [4.69, 9.17) is 0 Å². The Bertz CT molecular complexity index is 404. The summed E-state index contributed by atoms with van der Waals surface area (Å²) in [4.78, 5) is 0. The van der Waals surface area contributed by atoms with Crippen molar-refractivity contribution in [2.24, 2.45) is 39.9 Å². The molecule has 0 saturated heterocycles. The summed E-state index contributed by atoms with van der Waals surface area (Å²) in [6, 6.07) is 0. The minimum atomic E-state index is 0.607. The van der Waals surface area contributed by atoms with Crippen molar-refractivity contribution in [3.63, 3.8) is 0 Å². The topological polar surface area (TPSA) is 0 Å². The van der Waals surface area contributed by atoms with E-state index in [0.29, 0.717) is 10.8 Å². The summed E-state index contributed by atoms with van der Waals surface area (Å²) in [5, 5.41) is 0. The number of fused-ring (bicyclic) bond motifs is 3. The van der Waals surface area contributed by atoms with Crippen LogP contribution in [0.1, 0.15) is 85.5 Å². The molecule has 0 aliphatic heterocycles. The predicted octanol–water partition coefficient (Wildman–Crippen LogP) is 6.06. The molecule has 4 fully saturated rings. The van der Waals surface area contributed by atoms with Gasteiger partial charge in [-0.3, -0.25) is 0 Å². The van der Waals surface area contributed by atoms with E-state index in [2.05, 4.69) is 27.7 Å². The third-order valence-electron chi connectivity index (χ3n) is 8.77. The summed E-state index contributed by atoms with van der Waals surface area (Å²) < 4.78 is 0. The van der Waals surface area contributed by atoms with Crippen molar-refractivity contribution in [3.8, 4) is 0 Å². The highest BCUT2D eigenvalue weighted by Crippen LogP contribution is 2.72. The molecule has 0 nitrogen and oxygen atoms in total. The Labute approximate surface area is 126 Å². The standard InChI is InChI=1S/C20H34/c1-14-12-20-11-8-16-18(2,3)9-5-10-19(16,4)17(20)7-6-15(14)13-20/h14-17H,5-13H2,1-4H3/t14-,15-,16-,17-,19-,20+/m0/s1. The SMILES string of the molecule is C[C@H]1C[C@@]23CC[C@H]4C(C)(C)CCC[C@]4(C)[C@@H]2CC[C@H]1C3. The van der Waals surface area contributed by atoms with Gasteiger partial charge in [0, 0.05) is 0 Å². The zero-order chi connectivity index (χ0) is 14.2. The molecule has 2 bridgehead atoms. The first kappa shape index (κ1) is 13.6. The quantitative estimate of drug-likeness (QED) is 0.504. The van der Waals surface area contributed by atoms with Gasteiger partial charge in [-0.25, -0.2) is 0 Å². The lowest BCUT2D eigenvalue weighted by Crippen LogP contribution is -2.55. The van der Waals surface area contributed by atoms with Crippen LogP contribution in [0.2, 0.25) is 0 Å². The van der Waals surface area contributed by atoms with Crippen LogP contribution in [0.5, 0.6) is 0 Å². The van der Waals surface area contributed by atoms with E-state index in [1.54, 1.807) is 38.5 Å². The minimum Gasteiger partial charge on any atom is -0.0622 e. The summed E-state index contributed by atoms with van der Waals surface area (Å²) in [7, 11) is 0. The van der Waals surface area contributed by atoms with Crippen molar-refractivity contribution in [1.29, 1.82) is 0 Å². The Balaban J connectivity index is 1.72. The van der Waals surface area contributed by atoms with Crippen LogP contribution in [-0.4, -0.2) is 0 Å². The van der Waals surface area contributed by atoms with Crippen molar-refractivity contribution < 1.29 is 0 Å². The molecule has 0 heterocycles. The van der Waals surface area contributed by atoms with Gasteiger partial charge in [-0.15, -0.1) is 0 Å². The van der Waals surface area contributed by atoms with Gasteiger partial charge in [0.1, 0.15) is 0 Å². The fourth-order valence-electron chi connectivity index (χ4n) is 8.12. The molecule has 0 N–H and O–H groups in total. The Morgan fingerprint density at radius 1 is 0.800 bits per heavy atom. The lowest BCUT2D eigenvalue weighted by atomic mass is 9.41. The van der Waals surface area contributed by atoms with Crippen LogP contribution in [0.4, 0.5) is 0 Å². The van der Waals surface area contributed by atoms with E-state index < -0.39 is 0 Å². The number of hydrogen-bond donors (Lipinski definition) is 0. The molecule has 20 heavy (non-hydrogen) atoms. The summed E-state index contributed by atoms with van der Waals surface area (Å²) >= 11 is 0. The van der Waals surface area contributed by atoms with Gasteiger partial charge in [-0.2, -0.15) is 0 Å². The maximum Gasteiger partial charge on any atom is -0.0258 e.